The van der Waals surface area contributed by atoms with Gasteiger partial charge in [0, 0.05) is 23.5 Å². The summed E-state index contributed by atoms with van der Waals surface area (Å²) in [6, 6.07) is 10.0. The summed E-state index contributed by atoms with van der Waals surface area (Å²) in [5.41, 5.74) is 5.38. The molecule has 1 N–H and O–H groups in total. The molecule has 0 aliphatic heterocycles. The normalized spacial score (nSPS) is 11.2. The van der Waals surface area contributed by atoms with E-state index in [1.165, 1.54) is 0 Å². The minimum Gasteiger partial charge on any atom is -0.351 e. The van der Waals surface area contributed by atoms with Gasteiger partial charge in [-0.15, -0.1) is 0 Å². The molecule has 0 bridgehead atoms. The molecule has 4 rings (SSSR count). The van der Waals surface area contributed by atoms with Crippen LogP contribution in [-0.4, -0.2) is 25.9 Å². The molecule has 0 spiro atoms. The second-order valence-corrected chi connectivity index (χ2v) is 6.69. The van der Waals surface area contributed by atoms with Gasteiger partial charge in [0.2, 0.25) is 0 Å². The Morgan fingerprint density at radius 2 is 2.04 bits per heavy atom. The van der Waals surface area contributed by atoms with Crippen LogP contribution in [0.2, 0.25) is 0 Å². The molecule has 0 saturated heterocycles. The number of aromatic amines is 1. The lowest BCUT2D eigenvalue weighted by Gasteiger charge is -2.08. The van der Waals surface area contributed by atoms with Gasteiger partial charge < -0.3 is 9.51 Å². The minimum atomic E-state index is 0.0792. The first-order valence-electron chi connectivity index (χ1n) is 8.99. The third kappa shape index (κ3) is 3.26. The molecule has 4 aromatic rings. The van der Waals surface area contributed by atoms with Gasteiger partial charge >= 0.3 is 0 Å². The Balaban J connectivity index is 1.76. The largest absolute Gasteiger partial charge is 0.351 e. The fourth-order valence-corrected chi connectivity index (χ4v) is 3.16. The van der Waals surface area contributed by atoms with E-state index in [9.17, 15) is 4.79 Å². The van der Waals surface area contributed by atoms with E-state index in [-0.39, 0.29) is 5.78 Å². The molecular weight excluding hydrogens is 340 g/mol. The molecular formula is C21H20N4O2. The van der Waals surface area contributed by atoms with Gasteiger partial charge in [0.15, 0.2) is 11.6 Å². The van der Waals surface area contributed by atoms with E-state index in [1.807, 2.05) is 38.1 Å². The summed E-state index contributed by atoms with van der Waals surface area (Å²) in [5.74, 6) is 1.15. The van der Waals surface area contributed by atoms with Crippen molar-refractivity contribution in [3.8, 4) is 22.7 Å². The quantitative estimate of drug-likeness (QED) is 0.513. The number of carbonyl (C=O) groups excluding carboxylic acids is 1. The van der Waals surface area contributed by atoms with Gasteiger partial charge in [0.05, 0.1) is 0 Å². The minimum absolute atomic E-state index is 0.0792. The van der Waals surface area contributed by atoms with E-state index in [2.05, 4.69) is 26.2 Å². The number of carbonyl (C=O) groups is 1. The summed E-state index contributed by atoms with van der Waals surface area (Å²) in [4.78, 5) is 24.1. The summed E-state index contributed by atoms with van der Waals surface area (Å²) in [7, 11) is 0. The SMILES string of the molecule is CCCC(=O)c1cc(-c2ccc3[nH]c(-c4nc(C)no4)cc3c2)c(C)cn1. The van der Waals surface area contributed by atoms with Crippen molar-refractivity contribution in [2.75, 3.05) is 0 Å². The number of nitrogens with zero attached hydrogens (tertiary/aromatic N) is 3. The van der Waals surface area contributed by atoms with E-state index < -0.39 is 0 Å². The van der Waals surface area contributed by atoms with Gasteiger partial charge in [-0.3, -0.25) is 9.78 Å². The van der Waals surface area contributed by atoms with Crippen molar-refractivity contribution in [3.63, 3.8) is 0 Å². The monoisotopic (exact) mass is 360 g/mol. The summed E-state index contributed by atoms with van der Waals surface area (Å²) >= 11 is 0. The van der Waals surface area contributed by atoms with Crippen molar-refractivity contribution in [1.29, 1.82) is 0 Å². The van der Waals surface area contributed by atoms with Crippen molar-refractivity contribution in [2.45, 2.75) is 33.6 Å². The van der Waals surface area contributed by atoms with Crippen LogP contribution in [-0.2, 0) is 0 Å². The molecule has 6 heteroatoms. The Bertz CT molecular complexity index is 1140. The van der Waals surface area contributed by atoms with Crippen molar-refractivity contribution in [3.05, 3.63) is 53.6 Å². The molecule has 0 saturated carbocycles. The van der Waals surface area contributed by atoms with Crippen LogP contribution in [0.4, 0.5) is 0 Å². The second kappa shape index (κ2) is 6.79. The van der Waals surface area contributed by atoms with E-state index in [1.54, 1.807) is 13.1 Å². The highest BCUT2D eigenvalue weighted by molar-refractivity contribution is 5.96. The summed E-state index contributed by atoms with van der Waals surface area (Å²) in [6.07, 6.45) is 3.10. The number of rotatable bonds is 5. The molecule has 3 aromatic heterocycles. The molecule has 0 aliphatic carbocycles. The predicted octanol–water partition coefficient (Wildman–Crippen LogP) is 4.88. The standard InChI is InChI=1S/C21H20N4O2/c1-4-5-20(26)18-10-16(12(2)11-22-18)14-6-7-17-15(8-14)9-19(24-17)21-23-13(3)25-27-21/h6-11,24H,4-5H2,1-3H3. The fourth-order valence-electron chi connectivity index (χ4n) is 3.16. The smallest absolute Gasteiger partial charge is 0.274 e. The zero-order valence-corrected chi connectivity index (χ0v) is 15.5. The number of fused-ring (bicyclic) bond motifs is 1. The molecule has 0 fully saturated rings. The zero-order valence-electron chi connectivity index (χ0n) is 15.5. The number of nitrogens with one attached hydrogen (secondary N) is 1. The molecule has 1 aromatic carbocycles. The lowest BCUT2D eigenvalue weighted by molar-refractivity contribution is 0.0977. The molecule has 0 radical (unpaired) electrons. The van der Waals surface area contributed by atoms with Crippen LogP contribution in [0.25, 0.3) is 33.6 Å². The number of Topliss-reactive ketones (excluding diaryl/α,β-unsaturated/α-hetero) is 1. The number of hydrogen-bond donors (Lipinski definition) is 1. The van der Waals surface area contributed by atoms with Crippen LogP contribution < -0.4 is 0 Å². The van der Waals surface area contributed by atoms with E-state index >= 15 is 0 Å². The number of aryl methyl sites for hydroxylation is 2. The van der Waals surface area contributed by atoms with Crippen LogP contribution in [0.15, 0.2) is 41.1 Å². The molecule has 0 amide bonds. The number of ketones is 1. The van der Waals surface area contributed by atoms with Crippen LogP contribution in [0.3, 0.4) is 0 Å². The maximum Gasteiger partial charge on any atom is 0.274 e. The Morgan fingerprint density at radius 1 is 1.19 bits per heavy atom. The van der Waals surface area contributed by atoms with Gasteiger partial charge in [0.25, 0.3) is 5.89 Å². The number of hydrogen-bond acceptors (Lipinski definition) is 5. The van der Waals surface area contributed by atoms with Gasteiger partial charge in [-0.1, -0.05) is 18.1 Å². The lowest BCUT2D eigenvalue weighted by atomic mass is 9.99. The van der Waals surface area contributed by atoms with Crippen molar-refractivity contribution in [1.82, 2.24) is 20.1 Å². The van der Waals surface area contributed by atoms with Crippen molar-refractivity contribution < 1.29 is 9.32 Å². The topological polar surface area (TPSA) is 84.7 Å². The third-order valence-electron chi connectivity index (χ3n) is 4.56. The molecule has 0 unspecified atom stereocenters. The fraction of sp³-hybridized carbons (Fsp3) is 0.238. The van der Waals surface area contributed by atoms with Gasteiger partial charge in [-0.05, 0) is 61.2 Å². The highest BCUT2D eigenvalue weighted by atomic mass is 16.5. The maximum absolute atomic E-state index is 12.2. The highest BCUT2D eigenvalue weighted by Crippen LogP contribution is 2.30. The Kier molecular flexibility index (Phi) is 4.32. The van der Waals surface area contributed by atoms with Crippen LogP contribution in [0, 0.1) is 13.8 Å². The second-order valence-electron chi connectivity index (χ2n) is 6.69. The van der Waals surface area contributed by atoms with Crippen LogP contribution in [0.5, 0.6) is 0 Å². The van der Waals surface area contributed by atoms with Gasteiger partial charge in [-0.2, -0.15) is 4.98 Å². The molecule has 0 aliphatic rings. The molecule has 6 nitrogen and oxygen atoms in total. The zero-order chi connectivity index (χ0) is 19.0. The number of benzene rings is 1. The highest BCUT2D eigenvalue weighted by Gasteiger charge is 2.13. The summed E-state index contributed by atoms with van der Waals surface area (Å²) in [5, 5.41) is 4.87. The van der Waals surface area contributed by atoms with Crippen LogP contribution >= 0.6 is 0 Å². The first-order chi connectivity index (χ1) is 13.0. The molecule has 136 valence electrons. The number of aromatic nitrogens is 4. The molecule has 27 heavy (non-hydrogen) atoms. The average molecular weight is 360 g/mol. The third-order valence-corrected chi connectivity index (χ3v) is 4.56. The predicted molar refractivity (Wildman–Crippen MR) is 104 cm³/mol. The van der Waals surface area contributed by atoms with Crippen molar-refractivity contribution >= 4 is 16.7 Å². The summed E-state index contributed by atoms with van der Waals surface area (Å²) < 4.78 is 5.24. The number of H-pyrrole nitrogens is 1. The van der Waals surface area contributed by atoms with Gasteiger partial charge in [-0.25, -0.2) is 0 Å². The molecule has 0 atom stereocenters. The lowest BCUT2D eigenvalue weighted by Crippen LogP contribution is -2.02. The maximum atomic E-state index is 12.2. The van der Waals surface area contributed by atoms with Crippen LogP contribution in [0.1, 0.15) is 41.6 Å². The first kappa shape index (κ1) is 17.1. The Hall–Kier alpha value is -3.28. The summed E-state index contributed by atoms with van der Waals surface area (Å²) in [6.45, 7) is 5.79. The van der Waals surface area contributed by atoms with E-state index in [0.717, 1.165) is 39.7 Å². The van der Waals surface area contributed by atoms with E-state index in [4.69, 9.17) is 4.52 Å². The first-order valence-corrected chi connectivity index (χ1v) is 8.99. The van der Waals surface area contributed by atoms with Crippen molar-refractivity contribution in [2.24, 2.45) is 0 Å². The van der Waals surface area contributed by atoms with E-state index in [0.29, 0.717) is 23.8 Å². The Labute approximate surface area is 156 Å². The average Bonchev–Trinajstić information content (AvgIpc) is 3.27. The Morgan fingerprint density at radius 3 is 2.78 bits per heavy atom. The number of pyridine rings is 1. The van der Waals surface area contributed by atoms with Gasteiger partial charge in [0.1, 0.15) is 11.4 Å². The molecule has 3 heterocycles.